The van der Waals surface area contributed by atoms with Crippen molar-refractivity contribution in [3.05, 3.63) is 0 Å². The first kappa shape index (κ1) is 23.7. The van der Waals surface area contributed by atoms with Crippen molar-refractivity contribution in [2.45, 2.75) is 36.6 Å². The van der Waals surface area contributed by atoms with Crippen LogP contribution < -0.4 is 0 Å². The van der Waals surface area contributed by atoms with E-state index < -0.39 is 73.6 Å². The second-order valence-electron chi connectivity index (χ2n) is 5.09. The molecule has 0 aromatic heterocycles. The first-order chi connectivity index (χ1) is 13.8. The highest BCUT2D eigenvalue weighted by Gasteiger charge is 2.62. The highest BCUT2D eigenvalue weighted by molar-refractivity contribution is 5.62. The van der Waals surface area contributed by atoms with Crippen LogP contribution in [0.3, 0.4) is 0 Å². The van der Waals surface area contributed by atoms with Crippen molar-refractivity contribution < 1.29 is 87.8 Å². The van der Waals surface area contributed by atoms with Crippen LogP contribution in [-0.4, -0.2) is 104 Å². The zero-order valence-electron chi connectivity index (χ0n) is 14.0. The molecule has 30 heavy (non-hydrogen) atoms. The zero-order valence-corrected chi connectivity index (χ0v) is 14.0. The lowest BCUT2D eigenvalue weighted by Crippen LogP contribution is -2.69. The lowest BCUT2D eigenvalue weighted by atomic mass is 9.84. The van der Waals surface area contributed by atoms with Crippen molar-refractivity contribution in [2.24, 2.45) is 0 Å². The van der Waals surface area contributed by atoms with Crippen molar-refractivity contribution in [1.82, 2.24) is 0 Å². The van der Waals surface area contributed by atoms with Gasteiger partial charge in [0.1, 0.15) is 0 Å². The van der Waals surface area contributed by atoms with E-state index in [9.17, 15) is 28.8 Å². The second-order valence-corrected chi connectivity index (χ2v) is 5.09. The van der Waals surface area contributed by atoms with Crippen LogP contribution in [0.25, 0.3) is 0 Å². The standard InChI is InChI=1S/C12H12O18/c13-7(14)25-1-2(26-8(15)16)4(28-10(19)20)6(30-12(23)24)5(29-11(21)22)3(1)27-9(17)18/h1-6H,(H,13,14)(H,15,16)(H,17,18)(H,19,20)(H,21,22)(H,23,24). The van der Waals surface area contributed by atoms with E-state index in [2.05, 4.69) is 28.4 Å². The third kappa shape index (κ3) is 6.35. The molecule has 18 heteroatoms. The molecule has 0 radical (unpaired) electrons. The van der Waals surface area contributed by atoms with Gasteiger partial charge in [0.15, 0.2) is 36.6 Å². The summed E-state index contributed by atoms with van der Waals surface area (Å²) < 4.78 is 25.7. The Labute approximate surface area is 162 Å². The highest BCUT2D eigenvalue weighted by atomic mass is 16.8. The number of rotatable bonds is 6. The maximum Gasteiger partial charge on any atom is 0.506 e. The molecule has 18 nitrogen and oxygen atoms in total. The Morgan fingerprint density at radius 3 is 0.500 bits per heavy atom. The predicted octanol–water partition coefficient (Wildman–Crippen LogP) is 0.379. The predicted molar refractivity (Wildman–Crippen MR) is 77.4 cm³/mol. The molecule has 0 saturated heterocycles. The Kier molecular flexibility index (Phi) is 7.65. The van der Waals surface area contributed by atoms with Gasteiger partial charge < -0.3 is 59.1 Å². The second kappa shape index (κ2) is 9.71. The van der Waals surface area contributed by atoms with Crippen molar-refractivity contribution >= 4 is 36.9 Å². The van der Waals surface area contributed by atoms with E-state index in [1.54, 1.807) is 0 Å². The first-order valence-electron chi connectivity index (χ1n) is 7.21. The van der Waals surface area contributed by atoms with Gasteiger partial charge >= 0.3 is 36.9 Å². The van der Waals surface area contributed by atoms with Crippen molar-refractivity contribution in [3.63, 3.8) is 0 Å². The summed E-state index contributed by atoms with van der Waals surface area (Å²) in [5, 5.41) is 53.1. The topological polar surface area (TPSA) is 279 Å². The molecule has 0 aromatic carbocycles. The average molecular weight is 444 g/mol. The largest absolute Gasteiger partial charge is 0.506 e. The van der Waals surface area contributed by atoms with Crippen molar-refractivity contribution in [3.8, 4) is 0 Å². The monoisotopic (exact) mass is 444 g/mol. The lowest BCUT2D eigenvalue weighted by molar-refractivity contribution is -0.234. The molecule has 0 aliphatic heterocycles. The maximum atomic E-state index is 11.0. The van der Waals surface area contributed by atoms with E-state index in [1.807, 2.05) is 0 Å². The van der Waals surface area contributed by atoms with Gasteiger partial charge in [-0.3, -0.25) is 0 Å². The molecule has 1 fully saturated rings. The van der Waals surface area contributed by atoms with Crippen LogP contribution in [0.15, 0.2) is 0 Å². The van der Waals surface area contributed by atoms with Gasteiger partial charge in [0, 0.05) is 0 Å². The smallest absolute Gasteiger partial charge is 0.450 e. The van der Waals surface area contributed by atoms with Crippen LogP contribution in [0, 0.1) is 0 Å². The van der Waals surface area contributed by atoms with Crippen LogP contribution in [0.4, 0.5) is 28.8 Å². The SMILES string of the molecule is O=C(O)OC1C(OC(=O)O)C(OC(=O)O)C(OC(=O)O)C(OC(=O)O)C1OC(=O)O. The fourth-order valence-electron chi connectivity index (χ4n) is 2.62. The van der Waals surface area contributed by atoms with E-state index in [0.29, 0.717) is 0 Å². The van der Waals surface area contributed by atoms with Gasteiger partial charge in [-0.15, -0.1) is 0 Å². The number of carboxylic acid groups (broad SMARTS) is 6. The fraction of sp³-hybridized carbons (Fsp3) is 0.500. The number of carbonyl (C=O) groups is 6. The normalized spacial score (nSPS) is 27.6. The molecule has 1 aliphatic carbocycles. The minimum atomic E-state index is -2.42. The van der Waals surface area contributed by atoms with E-state index in [1.165, 1.54) is 0 Å². The van der Waals surface area contributed by atoms with Crippen molar-refractivity contribution in [2.75, 3.05) is 0 Å². The summed E-state index contributed by atoms with van der Waals surface area (Å²) in [6.45, 7) is 0. The van der Waals surface area contributed by atoms with E-state index in [4.69, 9.17) is 30.6 Å². The van der Waals surface area contributed by atoms with Gasteiger partial charge in [0.2, 0.25) is 0 Å². The van der Waals surface area contributed by atoms with E-state index in [0.717, 1.165) is 0 Å². The molecule has 6 N–H and O–H groups in total. The molecule has 1 aliphatic rings. The molecule has 0 atom stereocenters. The molecule has 0 unspecified atom stereocenters. The van der Waals surface area contributed by atoms with Crippen LogP contribution in [0.2, 0.25) is 0 Å². The van der Waals surface area contributed by atoms with Gasteiger partial charge in [0.25, 0.3) is 0 Å². The van der Waals surface area contributed by atoms with Gasteiger partial charge in [0.05, 0.1) is 0 Å². The molecule has 0 amide bonds. The Balaban J connectivity index is 3.66. The Hall–Kier alpha value is -4.38. The van der Waals surface area contributed by atoms with Gasteiger partial charge in [-0.05, 0) is 0 Å². The average Bonchev–Trinajstić information content (AvgIpc) is 2.55. The quantitative estimate of drug-likeness (QED) is 0.238. The third-order valence-corrected chi connectivity index (χ3v) is 3.36. The van der Waals surface area contributed by atoms with E-state index >= 15 is 0 Å². The molecule has 0 bridgehead atoms. The van der Waals surface area contributed by atoms with Crippen molar-refractivity contribution in [1.29, 1.82) is 0 Å². The minimum absolute atomic E-state index is 2.20. The summed E-state index contributed by atoms with van der Waals surface area (Å²) >= 11 is 0. The molecule has 0 heterocycles. The Bertz CT molecular complexity index is 547. The molecule has 0 aromatic rings. The van der Waals surface area contributed by atoms with Gasteiger partial charge in [-0.2, -0.15) is 0 Å². The van der Waals surface area contributed by atoms with Gasteiger partial charge in [-0.1, -0.05) is 0 Å². The van der Waals surface area contributed by atoms with Crippen LogP contribution >= 0.6 is 0 Å². The molecular weight excluding hydrogens is 432 g/mol. The molecule has 1 rings (SSSR count). The minimum Gasteiger partial charge on any atom is -0.450 e. The Morgan fingerprint density at radius 1 is 0.333 bits per heavy atom. The zero-order chi connectivity index (χ0) is 23.2. The molecule has 1 saturated carbocycles. The fourth-order valence-corrected chi connectivity index (χ4v) is 2.62. The van der Waals surface area contributed by atoms with Gasteiger partial charge in [-0.25, -0.2) is 28.8 Å². The summed E-state index contributed by atoms with van der Waals surface area (Å²) in [5.41, 5.74) is 0. The molecule has 168 valence electrons. The number of hydrogen-bond acceptors (Lipinski definition) is 12. The molecular formula is C12H12O18. The van der Waals surface area contributed by atoms with Crippen LogP contribution in [-0.2, 0) is 28.4 Å². The third-order valence-electron chi connectivity index (χ3n) is 3.36. The lowest BCUT2D eigenvalue weighted by Gasteiger charge is -2.45. The molecule has 0 spiro atoms. The number of ether oxygens (including phenoxy) is 6. The summed E-state index contributed by atoms with van der Waals surface area (Å²) in [6, 6.07) is 0. The first-order valence-corrected chi connectivity index (χ1v) is 7.21. The van der Waals surface area contributed by atoms with Crippen LogP contribution in [0.5, 0.6) is 0 Å². The summed E-state index contributed by atoms with van der Waals surface area (Å²) in [6.07, 6.45) is -27.7. The van der Waals surface area contributed by atoms with E-state index in [-0.39, 0.29) is 0 Å². The maximum absolute atomic E-state index is 11.0. The summed E-state index contributed by atoms with van der Waals surface area (Å²) in [5.74, 6) is 0. The van der Waals surface area contributed by atoms with Crippen LogP contribution in [0.1, 0.15) is 0 Å². The summed E-state index contributed by atoms with van der Waals surface area (Å²) in [4.78, 5) is 65.9. The highest BCUT2D eigenvalue weighted by Crippen LogP contribution is 2.34. The number of hydrogen-bond donors (Lipinski definition) is 6. The Morgan fingerprint density at radius 2 is 0.433 bits per heavy atom. The summed E-state index contributed by atoms with van der Waals surface area (Å²) in [7, 11) is 0.